The molecular weight excluding hydrogens is 246 g/mol. The summed E-state index contributed by atoms with van der Waals surface area (Å²) in [5.74, 6) is -0.743. The van der Waals surface area contributed by atoms with Crippen LogP contribution in [-0.2, 0) is 9.59 Å². The number of aliphatic carboxylic acids is 1. The summed E-state index contributed by atoms with van der Waals surface area (Å²) in [4.78, 5) is 19.3. The van der Waals surface area contributed by atoms with Crippen LogP contribution < -0.4 is 11.1 Å². The number of hydrogen-bond acceptors (Lipinski definition) is 5. The highest BCUT2D eigenvalue weighted by atomic mass is 16.4. The van der Waals surface area contributed by atoms with Gasteiger partial charge in [0.2, 0.25) is 6.08 Å². The Morgan fingerprint density at radius 2 is 1.95 bits per heavy atom. The van der Waals surface area contributed by atoms with Crippen molar-refractivity contribution < 1.29 is 14.7 Å². The first-order valence-electron chi connectivity index (χ1n) is 6.84. The molecule has 6 heteroatoms. The van der Waals surface area contributed by atoms with Gasteiger partial charge in [-0.2, -0.15) is 0 Å². The molecule has 19 heavy (non-hydrogen) atoms. The summed E-state index contributed by atoms with van der Waals surface area (Å²) < 4.78 is 0. The van der Waals surface area contributed by atoms with Gasteiger partial charge in [0.05, 0.1) is 0 Å². The van der Waals surface area contributed by atoms with Crippen LogP contribution in [0.15, 0.2) is 0 Å². The van der Waals surface area contributed by atoms with Crippen molar-refractivity contribution in [3.05, 3.63) is 0 Å². The number of nitrogens with two attached hydrogens (primary N) is 1. The first kappa shape index (κ1) is 20.1. The van der Waals surface area contributed by atoms with E-state index < -0.39 is 12.0 Å². The highest BCUT2D eigenvalue weighted by molar-refractivity contribution is 5.73. The van der Waals surface area contributed by atoms with E-state index >= 15 is 0 Å². The predicted octanol–water partition coefficient (Wildman–Crippen LogP) is 1.64. The van der Waals surface area contributed by atoms with E-state index in [2.05, 4.69) is 12.2 Å². The van der Waals surface area contributed by atoms with Gasteiger partial charge in [0, 0.05) is 0 Å². The quantitative estimate of drug-likeness (QED) is 0.259. The van der Waals surface area contributed by atoms with E-state index in [-0.39, 0.29) is 0 Å². The van der Waals surface area contributed by atoms with Crippen molar-refractivity contribution in [3.8, 4) is 0 Å². The van der Waals surface area contributed by atoms with Crippen LogP contribution in [0.3, 0.4) is 0 Å². The maximum atomic E-state index is 10.9. The predicted molar refractivity (Wildman–Crippen MR) is 74.9 cm³/mol. The summed E-state index contributed by atoms with van der Waals surface area (Å²) in [5, 5.41) is 17.5. The van der Waals surface area contributed by atoms with Gasteiger partial charge in [-0.3, -0.25) is 4.79 Å². The largest absolute Gasteiger partial charge is 0.480 e. The zero-order chi connectivity index (χ0) is 14.9. The third kappa shape index (κ3) is 16.8. The molecule has 1 atom stereocenters. The maximum Gasteiger partial charge on any atom is 0.320 e. The fraction of sp³-hybridized carbons (Fsp3) is 0.846. The molecule has 112 valence electrons. The van der Waals surface area contributed by atoms with E-state index in [9.17, 15) is 4.79 Å². The summed E-state index contributed by atoms with van der Waals surface area (Å²) in [5.41, 5.74) is 5.38. The molecule has 1 unspecified atom stereocenters. The number of hydrogen-bond donors (Lipinski definition) is 4. The second kappa shape index (κ2) is 16.8. The van der Waals surface area contributed by atoms with Crippen molar-refractivity contribution >= 4 is 12.0 Å². The molecule has 0 radical (unpaired) electrons. The molecule has 0 saturated heterocycles. The third-order valence-corrected chi connectivity index (χ3v) is 2.67. The molecule has 5 N–H and O–H groups in total. The highest BCUT2D eigenvalue weighted by Crippen LogP contribution is 2.02. The zero-order valence-electron chi connectivity index (χ0n) is 11.8. The first-order chi connectivity index (χ1) is 9.13. The van der Waals surface area contributed by atoms with E-state index in [1.165, 1.54) is 19.3 Å². The van der Waals surface area contributed by atoms with Crippen molar-refractivity contribution in [2.45, 2.75) is 57.9 Å². The second-order valence-electron chi connectivity index (χ2n) is 4.29. The Morgan fingerprint density at radius 3 is 2.42 bits per heavy atom. The molecule has 0 fully saturated rings. The van der Waals surface area contributed by atoms with Gasteiger partial charge in [0.15, 0.2) is 0 Å². The van der Waals surface area contributed by atoms with E-state index in [4.69, 9.17) is 21.0 Å². The number of carbonyl (C=O) groups excluding carboxylic acids is 1. The summed E-state index contributed by atoms with van der Waals surface area (Å²) in [6, 6.07) is -0.395. The lowest BCUT2D eigenvalue weighted by Gasteiger charge is -2.13. The lowest BCUT2D eigenvalue weighted by Crippen LogP contribution is -2.37. The smallest absolute Gasteiger partial charge is 0.320 e. The molecule has 6 nitrogen and oxygen atoms in total. The molecule has 0 spiro atoms. The van der Waals surface area contributed by atoms with Gasteiger partial charge in [-0.25, -0.2) is 10.2 Å². The molecule has 0 heterocycles. The minimum atomic E-state index is -0.743. The van der Waals surface area contributed by atoms with E-state index in [0.717, 1.165) is 31.9 Å². The van der Waals surface area contributed by atoms with Gasteiger partial charge in [-0.1, -0.05) is 32.6 Å². The van der Waals surface area contributed by atoms with E-state index in [1.54, 1.807) is 0 Å². The van der Waals surface area contributed by atoms with Gasteiger partial charge in [0.25, 0.3) is 0 Å². The van der Waals surface area contributed by atoms with Gasteiger partial charge in [-0.05, 0) is 32.4 Å². The Kier molecular flexibility index (Phi) is 17.7. The van der Waals surface area contributed by atoms with Crippen molar-refractivity contribution in [2.75, 3.05) is 13.1 Å². The van der Waals surface area contributed by atoms with E-state index in [1.807, 2.05) is 0 Å². The van der Waals surface area contributed by atoms with Crippen molar-refractivity contribution in [2.24, 2.45) is 5.73 Å². The lowest BCUT2D eigenvalue weighted by atomic mass is 10.1. The molecule has 0 aliphatic heterocycles. The Morgan fingerprint density at radius 1 is 1.32 bits per heavy atom. The molecule has 0 aromatic heterocycles. The average Bonchev–Trinajstić information content (AvgIpc) is 2.37. The topological polar surface area (TPSA) is 116 Å². The number of rotatable bonds is 11. The van der Waals surface area contributed by atoms with Gasteiger partial charge < -0.3 is 16.2 Å². The van der Waals surface area contributed by atoms with Crippen LogP contribution in [0.5, 0.6) is 0 Å². The number of carboxylic acid groups (broad SMARTS) is 1. The number of carbonyl (C=O) groups is 1. The van der Waals surface area contributed by atoms with Crippen LogP contribution in [0.2, 0.25) is 0 Å². The SMILES string of the molecule is CCCCCCNC(CCCCN)C(=O)O.N=C=O. The first-order valence-corrected chi connectivity index (χ1v) is 6.84. The van der Waals surface area contributed by atoms with Crippen LogP contribution in [-0.4, -0.2) is 36.3 Å². The summed E-state index contributed by atoms with van der Waals surface area (Å²) in [6.07, 6.45) is 7.90. The summed E-state index contributed by atoms with van der Waals surface area (Å²) in [7, 11) is 0. The normalized spacial score (nSPS) is 11.1. The third-order valence-electron chi connectivity index (χ3n) is 2.67. The average molecular weight is 273 g/mol. The molecule has 0 aliphatic rings. The number of nitrogens with one attached hydrogen (secondary N) is 2. The number of unbranched alkanes of at least 4 members (excludes halogenated alkanes) is 4. The molecule has 0 bridgehead atoms. The molecule has 0 amide bonds. The molecule has 0 aromatic carbocycles. The fourth-order valence-electron chi connectivity index (χ4n) is 1.63. The van der Waals surface area contributed by atoms with Crippen LogP contribution in [0.25, 0.3) is 0 Å². The van der Waals surface area contributed by atoms with Crippen LogP contribution in [0.1, 0.15) is 51.9 Å². The van der Waals surface area contributed by atoms with Crippen molar-refractivity contribution in [3.63, 3.8) is 0 Å². The summed E-state index contributed by atoms with van der Waals surface area (Å²) >= 11 is 0. The van der Waals surface area contributed by atoms with Gasteiger partial charge in [0.1, 0.15) is 6.04 Å². The Balaban J connectivity index is 0. The minimum Gasteiger partial charge on any atom is -0.480 e. The Bertz CT molecular complexity index is 241. The minimum absolute atomic E-state index is 0.395. The van der Waals surface area contributed by atoms with Crippen LogP contribution >= 0.6 is 0 Å². The van der Waals surface area contributed by atoms with Crippen LogP contribution in [0, 0.1) is 5.41 Å². The van der Waals surface area contributed by atoms with Crippen LogP contribution in [0.4, 0.5) is 0 Å². The van der Waals surface area contributed by atoms with Gasteiger partial charge >= 0.3 is 5.97 Å². The molecule has 0 saturated carbocycles. The second-order valence-corrected chi connectivity index (χ2v) is 4.29. The maximum absolute atomic E-state index is 10.9. The standard InChI is InChI=1S/C12H26N2O2.CHNO/c1-2-3-4-7-10-14-11(12(15)16)8-5-6-9-13;2-1-3/h11,14H,2-10,13H2,1H3,(H,15,16);2H. The van der Waals surface area contributed by atoms with Crippen molar-refractivity contribution in [1.29, 1.82) is 5.41 Å². The monoisotopic (exact) mass is 273 g/mol. The Hall–Kier alpha value is -1.23. The van der Waals surface area contributed by atoms with Gasteiger partial charge in [-0.15, -0.1) is 0 Å². The van der Waals surface area contributed by atoms with E-state index in [0.29, 0.717) is 13.0 Å². The molecular formula is C13H27N3O3. The van der Waals surface area contributed by atoms with Crippen molar-refractivity contribution in [1.82, 2.24) is 5.32 Å². The zero-order valence-corrected chi connectivity index (χ0v) is 11.8. The summed E-state index contributed by atoms with van der Waals surface area (Å²) in [6.45, 7) is 3.61. The fourth-order valence-corrected chi connectivity index (χ4v) is 1.63. The number of isocyanates is 1. The number of carboxylic acids is 1. The molecule has 0 rings (SSSR count). The molecule has 0 aliphatic carbocycles. The Labute approximate surface area is 115 Å². The lowest BCUT2D eigenvalue weighted by molar-refractivity contribution is -0.139. The highest BCUT2D eigenvalue weighted by Gasteiger charge is 2.15. The molecule has 0 aromatic rings.